The van der Waals surface area contributed by atoms with Crippen molar-refractivity contribution >= 4 is 15.7 Å². The van der Waals surface area contributed by atoms with E-state index < -0.39 is 5.52 Å². The summed E-state index contributed by atoms with van der Waals surface area (Å²) in [5.74, 6) is 1.11. The Morgan fingerprint density at radius 3 is 2.87 bits per heavy atom. The van der Waals surface area contributed by atoms with Crippen molar-refractivity contribution < 1.29 is 9.84 Å². The summed E-state index contributed by atoms with van der Waals surface area (Å²) in [7, 11) is 13.3. The molecule has 9 heteroatoms. The maximum atomic E-state index is 9.75. The van der Waals surface area contributed by atoms with Gasteiger partial charge in [-0.25, -0.2) is 0 Å². The lowest BCUT2D eigenvalue weighted by Crippen LogP contribution is -2.71. The summed E-state index contributed by atoms with van der Waals surface area (Å²) in [6.45, 7) is 5.25. The van der Waals surface area contributed by atoms with Crippen molar-refractivity contribution in [1.29, 1.82) is 0 Å². The third kappa shape index (κ3) is 6.56. The Hall–Kier alpha value is -0.410. The molecule has 7 atom stereocenters. The van der Waals surface area contributed by atoms with Gasteiger partial charge in [-0.3, -0.25) is 21.3 Å². The van der Waals surface area contributed by atoms with Crippen molar-refractivity contribution in [2.75, 3.05) is 26.7 Å². The Balaban J connectivity index is 1.43. The number of fused-ring (bicyclic) bond motifs is 1. The third-order valence-corrected chi connectivity index (χ3v) is 7.38. The molecular formula is C22H39B2N5O2. The van der Waals surface area contributed by atoms with Crippen LogP contribution in [0.5, 0.6) is 0 Å². The fourth-order valence-corrected chi connectivity index (χ4v) is 6.05. The lowest BCUT2D eigenvalue weighted by Gasteiger charge is -2.47. The predicted molar refractivity (Wildman–Crippen MR) is 124 cm³/mol. The van der Waals surface area contributed by atoms with Gasteiger partial charge in [0, 0.05) is 36.7 Å². The minimum atomic E-state index is -1.89. The monoisotopic (exact) mass is 427 g/mol. The van der Waals surface area contributed by atoms with Crippen LogP contribution in [-0.2, 0) is 4.74 Å². The maximum absolute atomic E-state index is 9.75. The molecule has 4 aliphatic rings. The Labute approximate surface area is 190 Å². The fourth-order valence-electron chi connectivity index (χ4n) is 6.05. The van der Waals surface area contributed by atoms with Crippen LogP contribution >= 0.6 is 0 Å². The highest BCUT2D eigenvalue weighted by atomic mass is 16.5. The van der Waals surface area contributed by atoms with Crippen LogP contribution in [0.25, 0.3) is 0 Å². The van der Waals surface area contributed by atoms with E-state index in [1.54, 1.807) is 5.57 Å². The number of hydrogen-bond acceptors (Lipinski definition) is 7. The number of likely N-dealkylation sites (N-methyl/N-ethyl adjacent to an activating group) is 1. The first-order valence-corrected chi connectivity index (χ1v) is 12.1. The summed E-state index contributed by atoms with van der Waals surface area (Å²) < 4.78 is 6.36. The van der Waals surface area contributed by atoms with Crippen LogP contribution in [0.4, 0.5) is 0 Å². The number of aliphatic hydroxyl groups is 1. The molecule has 2 saturated heterocycles. The number of ether oxygens (including phenoxy) is 1. The molecule has 1 saturated carbocycles. The van der Waals surface area contributed by atoms with Crippen molar-refractivity contribution in [2.45, 2.75) is 88.0 Å². The van der Waals surface area contributed by atoms with Gasteiger partial charge in [-0.05, 0) is 71.4 Å². The van der Waals surface area contributed by atoms with Gasteiger partial charge in [0.15, 0.2) is 0 Å². The molecule has 31 heavy (non-hydrogen) atoms. The van der Waals surface area contributed by atoms with E-state index in [0.29, 0.717) is 24.0 Å². The number of rotatable bonds is 5. The van der Waals surface area contributed by atoms with Gasteiger partial charge in [0.1, 0.15) is 22.0 Å². The molecule has 3 aliphatic heterocycles. The Kier molecular flexibility index (Phi) is 7.84. The SMILES string of the molecule is [B]C([B])(O)NC1CC(C)NC(NC2CC3CCCOC3C(C3=CCN(C)CCC3)C2)N1. The highest BCUT2D eigenvalue weighted by Gasteiger charge is 2.42. The van der Waals surface area contributed by atoms with E-state index >= 15 is 0 Å². The molecular weight excluding hydrogens is 388 g/mol. The highest BCUT2D eigenvalue weighted by Crippen LogP contribution is 2.42. The summed E-state index contributed by atoms with van der Waals surface area (Å²) in [4.78, 5) is 2.41. The molecule has 3 heterocycles. The quantitative estimate of drug-likeness (QED) is 0.239. The normalized spacial score (nSPS) is 40.6. The molecule has 0 spiro atoms. The van der Waals surface area contributed by atoms with Gasteiger partial charge in [-0.2, -0.15) is 0 Å². The number of nitrogens with one attached hydrogen (secondary N) is 4. The standard InChI is InChI=1S/C22H39B2N5O2/c1-14-11-19(28-22(23,24)30)27-21(25-14)26-17-12-16-6-4-10-31-20(16)18(13-17)15-5-3-8-29(2)9-7-15/h7,14,16-21,25-28,30H,3-6,8-13H2,1-2H3. The Morgan fingerprint density at radius 2 is 2.06 bits per heavy atom. The first kappa shape index (κ1) is 23.7. The highest BCUT2D eigenvalue weighted by molar-refractivity contribution is 6.38. The topological polar surface area (TPSA) is 80.8 Å². The van der Waals surface area contributed by atoms with Gasteiger partial charge in [0.05, 0.1) is 12.3 Å². The lowest BCUT2D eigenvalue weighted by molar-refractivity contribution is -0.0799. The van der Waals surface area contributed by atoms with Crippen LogP contribution in [0.1, 0.15) is 51.9 Å². The molecule has 0 aromatic rings. The average molecular weight is 427 g/mol. The van der Waals surface area contributed by atoms with E-state index in [0.717, 1.165) is 38.8 Å². The third-order valence-electron chi connectivity index (χ3n) is 7.38. The summed E-state index contributed by atoms with van der Waals surface area (Å²) in [6.07, 6.45) is 10.4. The van der Waals surface area contributed by atoms with Crippen LogP contribution in [0, 0.1) is 11.8 Å². The van der Waals surface area contributed by atoms with Gasteiger partial charge in [0.2, 0.25) is 0 Å². The molecule has 4 radical (unpaired) electrons. The van der Waals surface area contributed by atoms with Crippen LogP contribution in [-0.4, -0.2) is 88.6 Å². The maximum Gasteiger partial charge on any atom is 0.120 e. The van der Waals surface area contributed by atoms with E-state index in [1.807, 2.05) is 0 Å². The fraction of sp³-hybridized carbons (Fsp3) is 0.909. The smallest absolute Gasteiger partial charge is 0.120 e. The second kappa shape index (κ2) is 10.2. The molecule has 170 valence electrons. The zero-order valence-electron chi connectivity index (χ0n) is 19.1. The van der Waals surface area contributed by atoms with Crippen LogP contribution < -0.4 is 21.3 Å². The largest absolute Gasteiger partial charge is 0.395 e. The van der Waals surface area contributed by atoms with Gasteiger partial charge < -0.3 is 14.7 Å². The van der Waals surface area contributed by atoms with E-state index in [9.17, 15) is 5.11 Å². The molecule has 0 amide bonds. The minimum Gasteiger partial charge on any atom is -0.395 e. The van der Waals surface area contributed by atoms with Crippen molar-refractivity contribution in [1.82, 2.24) is 26.2 Å². The summed E-state index contributed by atoms with van der Waals surface area (Å²) in [5, 5.41) is 23.5. The van der Waals surface area contributed by atoms with Crippen LogP contribution in [0.15, 0.2) is 11.6 Å². The second-order valence-corrected chi connectivity index (χ2v) is 10.2. The van der Waals surface area contributed by atoms with Crippen LogP contribution in [0.3, 0.4) is 0 Å². The molecule has 3 fully saturated rings. The van der Waals surface area contributed by atoms with Crippen molar-refractivity contribution in [2.24, 2.45) is 11.8 Å². The molecule has 0 aromatic heterocycles. The number of nitrogens with zero attached hydrogens (tertiary/aromatic N) is 1. The summed E-state index contributed by atoms with van der Waals surface area (Å²) in [5.41, 5.74) is -0.289. The molecule has 1 aliphatic carbocycles. The average Bonchev–Trinajstić information content (AvgIpc) is 2.90. The second-order valence-electron chi connectivity index (χ2n) is 10.2. The molecule has 7 nitrogen and oxygen atoms in total. The minimum absolute atomic E-state index is 0.0652. The van der Waals surface area contributed by atoms with Gasteiger partial charge in [-0.1, -0.05) is 11.6 Å². The van der Waals surface area contributed by atoms with E-state index in [1.165, 1.54) is 25.8 Å². The van der Waals surface area contributed by atoms with Gasteiger partial charge >= 0.3 is 0 Å². The zero-order chi connectivity index (χ0) is 22.0. The molecule has 0 aromatic carbocycles. The van der Waals surface area contributed by atoms with Gasteiger partial charge in [-0.15, -0.1) is 0 Å². The summed E-state index contributed by atoms with van der Waals surface area (Å²) in [6, 6.07) is 0.671. The van der Waals surface area contributed by atoms with Gasteiger partial charge in [0.25, 0.3) is 0 Å². The van der Waals surface area contributed by atoms with Crippen molar-refractivity contribution in [3.63, 3.8) is 0 Å². The van der Waals surface area contributed by atoms with Crippen LogP contribution in [0.2, 0.25) is 0 Å². The Morgan fingerprint density at radius 1 is 1.23 bits per heavy atom. The van der Waals surface area contributed by atoms with Crippen molar-refractivity contribution in [3.8, 4) is 0 Å². The number of hydrogen-bond donors (Lipinski definition) is 5. The lowest BCUT2D eigenvalue weighted by atomic mass is 9.70. The molecule has 7 unspecified atom stereocenters. The van der Waals surface area contributed by atoms with E-state index in [-0.39, 0.29) is 18.5 Å². The Bertz CT molecular complexity index is 632. The first-order chi connectivity index (χ1) is 14.8. The predicted octanol–water partition coefficient (Wildman–Crippen LogP) is -0.0869. The van der Waals surface area contributed by atoms with Crippen molar-refractivity contribution in [3.05, 3.63) is 11.6 Å². The molecule has 0 bridgehead atoms. The molecule has 4 rings (SSSR count). The molecule has 5 N–H and O–H groups in total. The van der Waals surface area contributed by atoms with E-state index in [2.05, 4.69) is 46.2 Å². The zero-order valence-corrected chi connectivity index (χ0v) is 19.1. The van der Waals surface area contributed by atoms with E-state index in [4.69, 9.17) is 20.4 Å². The first-order valence-electron chi connectivity index (χ1n) is 12.1. The summed E-state index contributed by atoms with van der Waals surface area (Å²) >= 11 is 0.